The summed E-state index contributed by atoms with van der Waals surface area (Å²) >= 11 is 10.9. The number of benzene rings is 1. The van der Waals surface area contributed by atoms with Crippen LogP contribution in [0.4, 0.5) is 0 Å². The molecule has 0 heterocycles. The molecule has 18 heavy (non-hydrogen) atoms. The zero-order valence-corrected chi connectivity index (χ0v) is 12.8. The largest absolute Gasteiger partial charge is 0.393 e. The zero-order valence-electron chi connectivity index (χ0n) is 11.2. The van der Waals surface area contributed by atoms with Crippen molar-refractivity contribution in [3.63, 3.8) is 0 Å². The lowest BCUT2D eigenvalue weighted by atomic mass is 10.0. The van der Waals surface area contributed by atoms with Crippen molar-refractivity contribution >= 4 is 28.8 Å². The molecule has 2 nitrogen and oxygen atoms in total. The Hall–Kier alpha value is -0.640. The van der Waals surface area contributed by atoms with Gasteiger partial charge in [0.2, 0.25) is 0 Å². The van der Waals surface area contributed by atoms with Gasteiger partial charge in [-0.15, -0.1) is 0 Å². The van der Waals surface area contributed by atoms with E-state index in [2.05, 4.69) is 37.9 Å². The molecule has 100 valence electrons. The van der Waals surface area contributed by atoms with Crippen molar-refractivity contribution in [1.29, 1.82) is 0 Å². The summed E-state index contributed by atoms with van der Waals surface area (Å²) in [5, 5.41) is 0.767. The molecule has 1 aromatic rings. The number of hydrogen-bond acceptors (Lipinski definition) is 2. The number of halogens is 1. The Labute approximate surface area is 120 Å². The maximum atomic E-state index is 5.91. The van der Waals surface area contributed by atoms with Crippen LogP contribution in [-0.4, -0.2) is 23.0 Å². The zero-order chi connectivity index (χ0) is 13.7. The van der Waals surface area contributed by atoms with E-state index in [9.17, 15) is 0 Å². The Morgan fingerprint density at radius 1 is 1.39 bits per heavy atom. The Morgan fingerprint density at radius 3 is 2.39 bits per heavy atom. The van der Waals surface area contributed by atoms with Gasteiger partial charge < -0.3 is 5.73 Å². The van der Waals surface area contributed by atoms with Crippen LogP contribution >= 0.6 is 23.8 Å². The molecule has 0 bridgehead atoms. The van der Waals surface area contributed by atoms with E-state index < -0.39 is 0 Å². The van der Waals surface area contributed by atoms with Crippen molar-refractivity contribution in [2.45, 2.75) is 38.8 Å². The van der Waals surface area contributed by atoms with Gasteiger partial charge in [-0.2, -0.15) is 0 Å². The number of nitrogens with zero attached hydrogens (tertiary/aromatic N) is 1. The van der Waals surface area contributed by atoms with Gasteiger partial charge in [0.05, 0.1) is 4.99 Å². The minimum absolute atomic E-state index is 0.321. The van der Waals surface area contributed by atoms with Crippen LogP contribution in [0.15, 0.2) is 24.3 Å². The predicted octanol–water partition coefficient (Wildman–Crippen LogP) is 3.79. The molecule has 0 aliphatic rings. The van der Waals surface area contributed by atoms with E-state index in [0.29, 0.717) is 17.1 Å². The molecule has 0 radical (unpaired) electrons. The number of rotatable bonds is 6. The van der Waals surface area contributed by atoms with Crippen LogP contribution in [0.1, 0.15) is 38.3 Å². The number of thiocarbonyl (C=S) groups is 1. The van der Waals surface area contributed by atoms with Crippen LogP contribution in [-0.2, 0) is 0 Å². The van der Waals surface area contributed by atoms with Gasteiger partial charge in [0.25, 0.3) is 0 Å². The van der Waals surface area contributed by atoms with Crippen molar-refractivity contribution in [3.05, 3.63) is 34.9 Å². The van der Waals surface area contributed by atoms with Crippen molar-refractivity contribution in [1.82, 2.24) is 4.90 Å². The Morgan fingerprint density at radius 2 is 1.94 bits per heavy atom. The summed E-state index contributed by atoms with van der Waals surface area (Å²) in [5.74, 6) is 0. The monoisotopic (exact) mass is 284 g/mol. The van der Waals surface area contributed by atoms with Gasteiger partial charge in [0, 0.05) is 23.5 Å². The lowest BCUT2D eigenvalue weighted by Crippen LogP contribution is -2.36. The van der Waals surface area contributed by atoms with Crippen LogP contribution in [0.3, 0.4) is 0 Å². The Kier molecular flexibility index (Phi) is 6.06. The van der Waals surface area contributed by atoms with Crippen molar-refractivity contribution in [2.75, 3.05) is 7.05 Å². The SMILES string of the molecule is CCC(CC(N)=S)N(C)C(C)c1ccc(Cl)cc1. The quantitative estimate of drug-likeness (QED) is 0.806. The summed E-state index contributed by atoms with van der Waals surface area (Å²) in [6.07, 6.45) is 1.80. The van der Waals surface area contributed by atoms with Crippen LogP contribution in [0.2, 0.25) is 5.02 Å². The molecule has 0 spiro atoms. The minimum atomic E-state index is 0.321. The molecule has 2 unspecified atom stereocenters. The summed E-state index contributed by atoms with van der Waals surface area (Å²) in [4.78, 5) is 2.90. The van der Waals surface area contributed by atoms with Crippen molar-refractivity contribution < 1.29 is 0 Å². The molecule has 0 amide bonds. The van der Waals surface area contributed by atoms with Gasteiger partial charge in [-0.05, 0) is 38.1 Å². The van der Waals surface area contributed by atoms with Gasteiger partial charge in [0.1, 0.15) is 0 Å². The fourth-order valence-corrected chi connectivity index (χ4v) is 2.42. The molecule has 2 atom stereocenters. The molecule has 0 fully saturated rings. The van der Waals surface area contributed by atoms with E-state index in [1.54, 1.807) is 0 Å². The van der Waals surface area contributed by atoms with Crippen molar-refractivity contribution in [2.24, 2.45) is 5.73 Å². The van der Waals surface area contributed by atoms with Gasteiger partial charge in [-0.25, -0.2) is 0 Å². The summed E-state index contributed by atoms with van der Waals surface area (Å²) in [6.45, 7) is 4.35. The van der Waals surface area contributed by atoms with E-state index in [1.807, 2.05) is 12.1 Å². The van der Waals surface area contributed by atoms with Crippen molar-refractivity contribution in [3.8, 4) is 0 Å². The third-order valence-corrected chi connectivity index (χ3v) is 3.87. The van der Waals surface area contributed by atoms with Crippen LogP contribution < -0.4 is 5.73 Å². The highest BCUT2D eigenvalue weighted by molar-refractivity contribution is 7.80. The number of nitrogens with two attached hydrogens (primary N) is 1. The highest BCUT2D eigenvalue weighted by atomic mass is 35.5. The molecule has 0 aliphatic heterocycles. The van der Waals surface area contributed by atoms with Gasteiger partial charge in [-0.1, -0.05) is 42.9 Å². The Bertz CT molecular complexity index is 391. The fraction of sp³-hybridized carbons (Fsp3) is 0.500. The van der Waals surface area contributed by atoms with E-state index in [0.717, 1.165) is 17.9 Å². The molecule has 4 heteroatoms. The van der Waals surface area contributed by atoms with Crippen LogP contribution in [0.25, 0.3) is 0 Å². The maximum absolute atomic E-state index is 5.91. The van der Waals surface area contributed by atoms with Gasteiger partial charge in [0.15, 0.2) is 0 Å². The topological polar surface area (TPSA) is 29.3 Å². The van der Waals surface area contributed by atoms with Gasteiger partial charge in [-0.3, -0.25) is 4.90 Å². The highest BCUT2D eigenvalue weighted by Gasteiger charge is 2.20. The second kappa shape index (κ2) is 7.07. The average Bonchev–Trinajstić information content (AvgIpc) is 2.35. The fourth-order valence-electron chi connectivity index (χ4n) is 2.10. The molecule has 1 aromatic carbocycles. The molecule has 0 saturated carbocycles. The summed E-state index contributed by atoms with van der Waals surface area (Å²) in [5.41, 5.74) is 6.91. The van der Waals surface area contributed by atoms with Crippen LogP contribution in [0, 0.1) is 0 Å². The van der Waals surface area contributed by atoms with E-state index >= 15 is 0 Å². The molecule has 0 aliphatic carbocycles. The van der Waals surface area contributed by atoms with E-state index in [1.165, 1.54) is 5.56 Å². The van der Waals surface area contributed by atoms with Gasteiger partial charge >= 0.3 is 0 Å². The minimum Gasteiger partial charge on any atom is -0.393 e. The first-order chi connectivity index (χ1) is 8.45. The normalized spacial score (nSPS) is 14.5. The highest BCUT2D eigenvalue weighted by Crippen LogP contribution is 2.24. The third-order valence-electron chi connectivity index (χ3n) is 3.45. The predicted molar refractivity (Wildman–Crippen MR) is 83.1 cm³/mol. The first-order valence-corrected chi connectivity index (χ1v) is 7.00. The lowest BCUT2D eigenvalue weighted by molar-refractivity contribution is 0.184. The maximum Gasteiger partial charge on any atom is 0.0743 e. The second-order valence-electron chi connectivity index (χ2n) is 4.63. The van der Waals surface area contributed by atoms with E-state index in [4.69, 9.17) is 29.6 Å². The summed E-state index contributed by atoms with van der Waals surface area (Å²) < 4.78 is 0. The molecule has 2 N–H and O–H groups in total. The molecule has 0 aromatic heterocycles. The number of hydrogen-bond donors (Lipinski definition) is 1. The summed E-state index contributed by atoms with van der Waals surface area (Å²) in [6, 6.07) is 8.69. The lowest BCUT2D eigenvalue weighted by Gasteiger charge is -2.32. The molecular weight excluding hydrogens is 264 g/mol. The smallest absolute Gasteiger partial charge is 0.0743 e. The molecule has 0 saturated heterocycles. The molecule has 1 rings (SSSR count). The Balaban J connectivity index is 2.78. The first kappa shape index (κ1) is 15.4. The molecular formula is C14H21ClN2S. The first-order valence-electron chi connectivity index (χ1n) is 6.21. The third kappa shape index (κ3) is 4.23. The van der Waals surface area contributed by atoms with Crippen LogP contribution in [0.5, 0.6) is 0 Å². The standard InChI is InChI=1S/C14H21ClN2S/c1-4-13(9-14(16)18)17(3)10(2)11-5-7-12(15)8-6-11/h5-8,10,13H,4,9H2,1-3H3,(H2,16,18). The average molecular weight is 285 g/mol. The summed E-state index contributed by atoms with van der Waals surface area (Å²) in [7, 11) is 2.12. The second-order valence-corrected chi connectivity index (χ2v) is 5.59. The van der Waals surface area contributed by atoms with E-state index in [-0.39, 0.29) is 0 Å².